The van der Waals surface area contributed by atoms with Crippen LogP contribution in [0.15, 0.2) is 36.5 Å². The average Bonchev–Trinajstić information content (AvgIpc) is 2.42. The van der Waals surface area contributed by atoms with Crippen LogP contribution in [0.3, 0.4) is 0 Å². The third-order valence-electron chi connectivity index (χ3n) is 2.86. The lowest BCUT2D eigenvalue weighted by atomic mass is 10.1. The Labute approximate surface area is 119 Å². The summed E-state index contributed by atoms with van der Waals surface area (Å²) in [7, 11) is 0. The number of carbonyl (C=O) groups excluding carboxylic acids is 1. The molecule has 2 rings (SSSR count). The number of anilines is 1. The van der Waals surface area contributed by atoms with Crippen molar-refractivity contribution in [3.05, 3.63) is 65.8 Å². The fourth-order valence-corrected chi connectivity index (χ4v) is 1.64. The smallest absolute Gasteiger partial charge is 0.321 e. The van der Waals surface area contributed by atoms with E-state index in [1.165, 1.54) is 6.07 Å². The van der Waals surface area contributed by atoms with E-state index in [-0.39, 0.29) is 5.69 Å². The molecule has 0 bridgehead atoms. The van der Waals surface area contributed by atoms with Crippen molar-refractivity contribution in [1.29, 1.82) is 0 Å². The molecule has 108 valence electrons. The SMILES string of the molecule is [CH]c1cc(NC(=O)c2cc(C(F)(F)F)ccn2)ccc1C. The maximum atomic E-state index is 12.6. The van der Waals surface area contributed by atoms with E-state index < -0.39 is 17.6 Å². The van der Waals surface area contributed by atoms with Crippen molar-refractivity contribution in [3.8, 4) is 0 Å². The van der Waals surface area contributed by atoms with Gasteiger partial charge in [-0.15, -0.1) is 0 Å². The number of halogens is 3. The van der Waals surface area contributed by atoms with Crippen molar-refractivity contribution in [2.75, 3.05) is 5.32 Å². The number of aryl methyl sites for hydroxylation is 1. The van der Waals surface area contributed by atoms with Gasteiger partial charge in [0.25, 0.3) is 5.91 Å². The summed E-state index contributed by atoms with van der Waals surface area (Å²) >= 11 is 0. The molecule has 6 heteroatoms. The zero-order valence-electron chi connectivity index (χ0n) is 11.0. The molecule has 1 N–H and O–H groups in total. The van der Waals surface area contributed by atoms with E-state index in [1.54, 1.807) is 19.1 Å². The Bertz CT molecular complexity index is 681. The van der Waals surface area contributed by atoms with Crippen LogP contribution in [0.5, 0.6) is 0 Å². The van der Waals surface area contributed by atoms with Crippen LogP contribution in [0.1, 0.15) is 27.2 Å². The van der Waals surface area contributed by atoms with Gasteiger partial charge in [-0.1, -0.05) is 6.07 Å². The number of alkyl halides is 3. The first-order valence-electron chi connectivity index (χ1n) is 5.98. The number of nitrogens with zero attached hydrogens (tertiary/aromatic N) is 1. The minimum atomic E-state index is -4.52. The van der Waals surface area contributed by atoms with E-state index in [0.29, 0.717) is 17.3 Å². The second-order valence-electron chi connectivity index (χ2n) is 4.45. The zero-order valence-corrected chi connectivity index (χ0v) is 11.0. The molecule has 0 fully saturated rings. The van der Waals surface area contributed by atoms with Gasteiger partial charge in [-0.25, -0.2) is 0 Å². The van der Waals surface area contributed by atoms with Crippen LogP contribution < -0.4 is 5.32 Å². The molecular weight excluding hydrogens is 281 g/mol. The zero-order chi connectivity index (χ0) is 15.6. The quantitative estimate of drug-likeness (QED) is 0.916. The molecular formula is C15H11F3N2O. The van der Waals surface area contributed by atoms with Gasteiger partial charge in [-0.05, 0) is 49.2 Å². The van der Waals surface area contributed by atoms with Crippen LogP contribution in [-0.2, 0) is 6.18 Å². The standard InChI is InChI=1S/C15H11F3N2O/c1-9-3-4-12(7-10(9)2)20-14(21)13-8-11(5-6-19-13)15(16,17)18/h2-8H,1H3,(H,20,21). The Morgan fingerprint density at radius 3 is 2.57 bits per heavy atom. The molecule has 0 aliphatic heterocycles. The number of nitrogens with one attached hydrogen (secondary N) is 1. The number of hydrogen-bond donors (Lipinski definition) is 1. The molecule has 1 aromatic carbocycles. The normalized spacial score (nSPS) is 11.3. The van der Waals surface area contributed by atoms with Crippen molar-refractivity contribution < 1.29 is 18.0 Å². The Morgan fingerprint density at radius 1 is 1.24 bits per heavy atom. The van der Waals surface area contributed by atoms with Gasteiger partial charge in [0.15, 0.2) is 0 Å². The summed E-state index contributed by atoms with van der Waals surface area (Å²) in [4.78, 5) is 15.6. The fourth-order valence-electron chi connectivity index (χ4n) is 1.64. The van der Waals surface area contributed by atoms with Gasteiger partial charge in [-0.3, -0.25) is 9.78 Å². The Morgan fingerprint density at radius 2 is 1.95 bits per heavy atom. The van der Waals surface area contributed by atoms with E-state index in [9.17, 15) is 18.0 Å². The first-order valence-corrected chi connectivity index (χ1v) is 5.98. The van der Waals surface area contributed by atoms with Crippen LogP contribution in [-0.4, -0.2) is 10.9 Å². The molecule has 0 saturated heterocycles. The summed E-state index contributed by atoms with van der Waals surface area (Å²) in [5, 5.41) is 2.46. The summed E-state index contributed by atoms with van der Waals surface area (Å²) in [6.45, 7) is 7.50. The molecule has 3 nitrogen and oxygen atoms in total. The first-order chi connectivity index (χ1) is 9.77. The molecule has 0 aliphatic carbocycles. The summed E-state index contributed by atoms with van der Waals surface area (Å²) in [5.41, 5.74) is 0.465. The molecule has 2 radical (unpaired) electrons. The van der Waals surface area contributed by atoms with Crippen molar-refractivity contribution >= 4 is 11.6 Å². The highest BCUT2D eigenvalue weighted by molar-refractivity contribution is 6.03. The third kappa shape index (κ3) is 3.59. The van der Waals surface area contributed by atoms with Crippen molar-refractivity contribution in [1.82, 2.24) is 4.98 Å². The number of aromatic nitrogens is 1. The molecule has 0 unspecified atom stereocenters. The first kappa shape index (κ1) is 15.0. The highest BCUT2D eigenvalue weighted by Gasteiger charge is 2.31. The molecule has 0 spiro atoms. The van der Waals surface area contributed by atoms with Crippen molar-refractivity contribution in [2.24, 2.45) is 0 Å². The number of hydrogen-bond acceptors (Lipinski definition) is 2. The number of pyridine rings is 1. The lowest BCUT2D eigenvalue weighted by Crippen LogP contribution is -2.15. The summed E-state index contributed by atoms with van der Waals surface area (Å²) in [6, 6.07) is 6.34. The maximum Gasteiger partial charge on any atom is 0.416 e. The predicted molar refractivity (Wildman–Crippen MR) is 71.8 cm³/mol. The number of amides is 1. The number of carbonyl (C=O) groups is 1. The molecule has 21 heavy (non-hydrogen) atoms. The van der Waals surface area contributed by atoms with Gasteiger partial charge >= 0.3 is 6.18 Å². The summed E-state index contributed by atoms with van der Waals surface area (Å²) in [6.07, 6.45) is -3.58. The van der Waals surface area contributed by atoms with E-state index in [1.807, 2.05) is 0 Å². The van der Waals surface area contributed by atoms with Gasteiger partial charge in [0, 0.05) is 11.9 Å². The van der Waals surface area contributed by atoms with Crippen molar-refractivity contribution in [3.63, 3.8) is 0 Å². The molecule has 2 aromatic rings. The van der Waals surface area contributed by atoms with E-state index in [2.05, 4.69) is 10.3 Å². The molecule has 0 saturated carbocycles. The van der Waals surface area contributed by atoms with Gasteiger partial charge in [-0.2, -0.15) is 13.2 Å². The lowest BCUT2D eigenvalue weighted by Gasteiger charge is -2.09. The van der Waals surface area contributed by atoms with E-state index in [0.717, 1.165) is 17.8 Å². The van der Waals surface area contributed by atoms with Crippen LogP contribution in [0.25, 0.3) is 0 Å². The highest BCUT2D eigenvalue weighted by atomic mass is 19.4. The molecule has 1 amide bonds. The van der Waals surface area contributed by atoms with Crippen LogP contribution in [0.2, 0.25) is 0 Å². The predicted octanol–water partition coefficient (Wildman–Crippen LogP) is 3.72. The second kappa shape index (κ2) is 5.55. The number of rotatable bonds is 2. The maximum absolute atomic E-state index is 12.6. The minimum Gasteiger partial charge on any atom is -0.321 e. The van der Waals surface area contributed by atoms with Crippen LogP contribution >= 0.6 is 0 Å². The molecule has 0 atom stereocenters. The largest absolute Gasteiger partial charge is 0.416 e. The van der Waals surface area contributed by atoms with Crippen LogP contribution in [0.4, 0.5) is 18.9 Å². The van der Waals surface area contributed by atoms with Gasteiger partial charge in [0.2, 0.25) is 0 Å². The second-order valence-corrected chi connectivity index (χ2v) is 4.45. The monoisotopic (exact) mass is 292 g/mol. The topological polar surface area (TPSA) is 42.0 Å². The van der Waals surface area contributed by atoms with E-state index >= 15 is 0 Å². The Kier molecular flexibility index (Phi) is 3.97. The Hall–Kier alpha value is -2.37. The molecule has 1 heterocycles. The summed E-state index contributed by atoms with van der Waals surface area (Å²) in [5.74, 6) is -0.732. The third-order valence-corrected chi connectivity index (χ3v) is 2.86. The highest BCUT2D eigenvalue weighted by Crippen LogP contribution is 2.29. The van der Waals surface area contributed by atoms with E-state index in [4.69, 9.17) is 6.92 Å². The molecule has 1 aromatic heterocycles. The van der Waals surface area contributed by atoms with Gasteiger partial charge in [0.05, 0.1) is 5.56 Å². The molecule has 0 aliphatic rings. The van der Waals surface area contributed by atoms with Gasteiger partial charge < -0.3 is 5.32 Å². The Balaban J connectivity index is 2.22. The minimum absolute atomic E-state index is 0.316. The van der Waals surface area contributed by atoms with Gasteiger partial charge in [0.1, 0.15) is 5.69 Å². The number of benzene rings is 1. The van der Waals surface area contributed by atoms with Crippen LogP contribution in [0, 0.1) is 13.8 Å². The summed E-state index contributed by atoms with van der Waals surface area (Å²) < 4.78 is 37.7. The average molecular weight is 292 g/mol. The van der Waals surface area contributed by atoms with Crippen molar-refractivity contribution in [2.45, 2.75) is 13.1 Å². The fraction of sp³-hybridized carbons (Fsp3) is 0.133. The lowest BCUT2D eigenvalue weighted by molar-refractivity contribution is -0.137.